The summed E-state index contributed by atoms with van der Waals surface area (Å²) < 4.78 is 25.4. The molecule has 26 heavy (non-hydrogen) atoms. The number of amides is 2. The van der Waals surface area contributed by atoms with E-state index in [0.717, 1.165) is 11.0 Å². The molecule has 0 aliphatic carbocycles. The molecule has 4 rings (SSSR count). The van der Waals surface area contributed by atoms with Crippen LogP contribution in [0.4, 0.5) is 0 Å². The molecule has 0 spiro atoms. The van der Waals surface area contributed by atoms with Crippen molar-refractivity contribution in [2.45, 2.75) is 11.4 Å². The number of rotatable bonds is 4. The van der Waals surface area contributed by atoms with Crippen LogP contribution in [-0.2, 0) is 21.4 Å². The summed E-state index contributed by atoms with van der Waals surface area (Å²) in [6.07, 6.45) is 0. The minimum Gasteiger partial charge on any atom is -0.347 e. The monoisotopic (exact) mass is 370 g/mol. The molecule has 0 atom stereocenters. The second-order valence-electron chi connectivity index (χ2n) is 5.79. The van der Waals surface area contributed by atoms with Gasteiger partial charge in [0.1, 0.15) is 17.3 Å². The van der Waals surface area contributed by atoms with E-state index in [0.29, 0.717) is 10.1 Å². The molecule has 9 heteroatoms. The van der Waals surface area contributed by atoms with E-state index in [1.165, 1.54) is 18.2 Å². The number of hydrogen-bond donors (Lipinski definition) is 2. The Morgan fingerprint density at radius 1 is 1.12 bits per heavy atom. The number of benzene rings is 2. The van der Waals surface area contributed by atoms with Crippen molar-refractivity contribution in [3.05, 3.63) is 59.9 Å². The Labute approximate surface area is 148 Å². The summed E-state index contributed by atoms with van der Waals surface area (Å²) in [4.78, 5) is 31.8. The Morgan fingerprint density at radius 2 is 1.85 bits per heavy atom. The summed E-state index contributed by atoms with van der Waals surface area (Å²) in [5.74, 6) is -0.742. The van der Waals surface area contributed by atoms with E-state index >= 15 is 0 Å². The molecule has 0 saturated carbocycles. The van der Waals surface area contributed by atoms with Gasteiger partial charge in [-0.05, 0) is 24.3 Å². The van der Waals surface area contributed by atoms with Crippen molar-refractivity contribution in [1.29, 1.82) is 0 Å². The lowest BCUT2D eigenvalue weighted by atomic mass is 10.2. The molecule has 1 aliphatic rings. The van der Waals surface area contributed by atoms with Crippen LogP contribution < -0.4 is 5.32 Å². The van der Waals surface area contributed by atoms with Crippen LogP contribution >= 0.6 is 0 Å². The normalized spacial score (nSPS) is 15.2. The van der Waals surface area contributed by atoms with Crippen molar-refractivity contribution >= 4 is 32.9 Å². The van der Waals surface area contributed by atoms with Crippen LogP contribution in [0.1, 0.15) is 16.2 Å². The number of aromatic amines is 1. The number of imidazole rings is 1. The summed E-state index contributed by atoms with van der Waals surface area (Å²) in [5, 5.41) is 2.58. The van der Waals surface area contributed by atoms with Gasteiger partial charge in [0, 0.05) is 0 Å². The number of sulfonamides is 1. The number of H-pyrrole nitrogens is 1. The number of nitrogens with one attached hydrogen (secondary N) is 2. The average molecular weight is 370 g/mol. The van der Waals surface area contributed by atoms with Crippen molar-refractivity contribution in [2.75, 3.05) is 6.54 Å². The Balaban J connectivity index is 1.46. The number of nitrogens with zero attached hydrogens (tertiary/aromatic N) is 2. The van der Waals surface area contributed by atoms with Crippen LogP contribution in [0.3, 0.4) is 0 Å². The summed E-state index contributed by atoms with van der Waals surface area (Å²) in [6, 6.07) is 13.3. The van der Waals surface area contributed by atoms with E-state index in [2.05, 4.69) is 15.3 Å². The van der Waals surface area contributed by atoms with Gasteiger partial charge < -0.3 is 10.3 Å². The highest BCUT2D eigenvalue weighted by molar-refractivity contribution is 7.90. The molecule has 8 nitrogen and oxygen atoms in total. The first-order chi connectivity index (χ1) is 12.5. The molecule has 0 fully saturated rings. The summed E-state index contributed by atoms with van der Waals surface area (Å²) in [5.41, 5.74) is 1.69. The lowest BCUT2D eigenvalue weighted by Crippen LogP contribution is -2.40. The second-order valence-corrected chi connectivity index (χ2v) is 7.62. The lowest BCUT2D eigenvalue weighted by Gasteiger charge is -2.14. The largest absolute Gasteiger partial charge is 0.347 e. The highest BCUT2D eigenvalue weighted by Gasteiger charge is 2.41. The van der Waals surface area contributed by atoms with Crippen molar-refractivity contribution in [1.82, 2.24) is 19.6 Å². The van der Waals surface area contributed by atoms with Crippen molar-refractivity contribution in [3.8, 4) is 0 Å². The smallest absolute Gasteiger partial charge is 0.269 e. The van der Waals surface area contributed by atoms with Gasteiger partial charge in [-0.2, -0.15) is 0 Å². The molecule has 1 aliphatic heterocycles. The molecule has 3 aromatic rings. The minimum atomic E-state index is -3.99. The van der Waals surface area contributed by atoms with Gasteiger partial charge in [-0.3, -0.25) is 9.59 Å². The van der Waals surface area contributed by atoms with Crippen molar-refractivity contribution in [3.63, 3.8) is 0 Å². The number of aromatic nitrogens is 2. The molecule has 1 aromatic heterocycles. The number of fused-ring (bicyclic) bond motifs is 2. The zero-order chi connectivity index (χ0) is 18.3. The molecule has 2 N–H and O–H groups in total. The highest BCUT2D eigenvalue weighted by Crippen LogP contribution is 2.29. The zero-order valence-corrected chi connectivity index (χ0v) is 14.3. The van der Waals surface area contributed by atoms with Gasteiger partial charge in [0.05, 0.1) is 23.1 Å². The van der Waals surface area contributed by atoms with Gasteiger partial charge >= 0.3 is 0 Å². The number of carbonyl (C=O) groups excluding carboxylic acids is 2. The maximum atomic E-state index is 12.4. The van der Waals surface area contributed by atoms with Gasteiger partial charge in [-0.25, -0.2) is 17.7 Å². The molecular formula is C17H14N4O4S. The van der Waals surface area contributed by atoms with Gasteiger partial charge in [0.15, 0.2) is 0 Å². The SMILES string of the molecule is O=C(CN1C(=O)c2ccccc2S1(=O)=O)NCc1nc2ccccc2[nH]1. The Morgan fingerprint density at radius 3 is 2.62 bits per heavy atom. The third kappa shape index (κ3) is 2.62. The maximum Gasteiger partial charge on any atom is 0.269 e. The van der Waals surface area contributed by atoms with Gasteiger partial charge in [0.25, 0.3) is 15.9 Å². The fourth-order valence-electron chi connectivity index (χ4n) is 2.85. The maximum absolute atomic E-state index is 12.4. The fraction of sp³-hybridized carbons (Fsp3) is 0.118. The molecule has 132 valence electrons. The zero-order valence-electron chi connectivity index (χ0n) is 13.5. The average Bonchev–Trinajstić information content (AvgIpc) is 3.13. The quantitative estimate of drug-likeness (QED) is 0.712. The van der Waals surface area contributed by atoms with E-state index in [-0.39, 0.29) is 17.0 Å². The van der Waals surface area contributed by atoms with Crippen LogP contribution in [0.15, 0.2) is 53.4 Å². The molecule has 0 bridgehead atoms. The first-order valence-electron chi connectivity index (χ1n) is 7.83. The van der Waals surface area contributed by atoms with Gasteiger partial charge in [-0.1, -0.05) is 24.3 Å². The first kappa shape index (κ1) is 16.3. The molecule has 0 saturated heterocycles. The second kappa shape index (κ2) is 5.95. The molecule has 2 aromatic carbocycles. The van der Waals surface area contributed by atoms with Gasteiger partial charge in [-0.15, -0.1) is 0 Å². The van der Waals surface area contributed by atoms with Crippen molar-refractivity contribution in [2.24, 2.45) is 0 Å². The Kier molecular flexibility index (Phi) is 3.73. The third-order valence-corrected chi connectivity index (χ3v) is 5.88. The van der Waals surface area contributed by atoms with E-state index in [1.54, 1.807) is 6.07 Å². The van der Waals surface area contributed by atoms with Crippen LogP contribution in [-0.4, -0.2) is 41.1 Å². The molecule has 2 heterocycles. The summed E-state index contributed by atoms with van der Waals surface area (Å²) in [7, 11) is -3.99. The Hall–Kier alpha value is -3.20. The van der Waals surface area contributed by atoms with E-state index < -0.39 is 28.4 Å². The van der Waals surface area contributed by atoms with E-state index in [9.17, 15) is 18.0 Å². The molecule has 2 amide bonds. The third-order valence-electron chi connectivity index (χ3n) is 4.09. The fourth-order valence-corrected chi connectivity index (χ4v) is 4.37. The van der Waals surface area contributed by atoms with Gasteiger partial charge in [0.2, 0.25) is 5.91 Å². The predicted octanol–water partition coefficient (Wildman–Crippen LogP) is 1.02. The predicted molar refractivity (Wildman–Crippen MR) is 92.6 cm³/mol. The summed E-state index contributed by atoms with van der Waals surface area (Å²) >= 11 is 0. The minimum absolute atomic E-state index is 0.0740. The van der Waals surface area contributed by atoms with Crippen LogP contribution in [0, 0.1) is 0 Å². The van der Waals surface area contributed by atoms with Crippen LogP contribution in [0.25, 0.3) is 11.0 Å². The van der Waals surface area contributed by atoms with Crippen molar-refractivity contribution < 1.29 is 18.0 Å². The van der Waals surface area contributed by atoms with Crippen LogP contribution in [0.5, 0.6) is 0 Å². The highest BCUT2D eigenvalue weighted by atomic mass is 32.2. The molecule has 0 unspecified atom stereocenters. The number of para-hydroxylation sites is 2. The van der Waals surface area contributed by atoms with E-state index in [1.807, 2.05) is 24.3 Å². The Bertz CT molecular complexity index is 1100. The first-order valence-corrected chi connectivity index (χ1v) is 9.27. The topological polar surface area (TPSA) is 112 Å². The number of hydrogen-bond acceptors (Lipinski definition) is 5. The molecule has 0 radical (unpaired) electrons. The lowest BCUT2D eigenvalue weighted by molar-refractivity contribution is -0.121. The van der Waals surface area contributed by atoms with Crippen LogP contribution in [0.2, 0.25) is 0 Å². The standard InChI is InChI=1S/C17H14N4O4S/c22-16(18-9-15-19-12-6-2-3-7-13(12)20-15)10-21-17(23)11-5-1-4-8-14(11)26(21,24)25/h1-8H,9-10H2,(H,18,22)(H,19,20). The molecular weight excluding hydrogens is 356 g/mol. The van der Waals surface area contributed by atoms with E-state index in [4.69, 9.17) is 0 Å². The summed E-state index contributed by atoms with van der Waals surface area (Å²) in [6.45, 7) is -0.474. The number of carbonyl (C=O) groups is 2.